The van der Waals surface area contributed by atoms with E-state index in [4.69, 9.17) is 9.52 Å². The first-order valence-electron chi connectivity index (χ1n) is 4.76. The molecule has 0 unspecified atom stereocenters. The van der Waals surface area contributed by atoms with Crippen molar-refractivity contribution < 1.29 is 22.7 Å². The minimum atomic E-state index is -3.64. The van der Waals surface area contributed by atoms with E-state index in [0.717, 1.165) is 0 Å². The summed E-state index contributed by atoms with van der Waals surface area (Å²) in [5.41, 5.74) is -0.258. The molecule has 0 atom stereocenters. The van der Waals surface area contributed by atoms with Gasteiger partial charge in [-0.1, -0.05) is 0 Å². The normalized spacial score (nSPS) is 12.1. The molecule has 90 valence electrons. The second-order valence-corrected chi connectivity index (χ2v) is 6.26. The van der Waals surface area contributed by atoms with E-state index in [0.29, 0.717) is 0 Å². The van der Waals surface area contributed by atoms with Crippen LogP contribution >= 0.6 is 0 Å². The van der Waals surface area contributed by atoms with Crippen molar-refractivity contribution in [2.24, 2.45) is 0 Å². The van der Waals surface area contributed by atoms with Crippen LogP contribution in [0.25, 0.3) is 0 Å². The van der Waals surface area contributed by atoms with Crippen LogP contribution in [0.1, 0.15) is 35.7 Å². The summed E-state index contributed by atoms with van der Waals surface area (Å²) in [6, 6.07) is 0. The minimum Gasteiger partial charge on any atom is -0.478 e. The molecule has 1 rings (SSSR count). The molecule has 0 spiro atoms. The molecule has 0 aromatic carbocycles. The van der Waals surface area contributed by atoms with Crippen molar-refractivity contribution in [3.05, 3.63) is 17.1 Å². The van der Waals surface area contributed by atoms with Crippen LogP contribution in [0.15, 0.2) is 9.31 Å². The highest BCUT2D eigenvalue weighted by molar-refractivity contribution is 7.92. The van der Waals surface area contributed by atoms with Crippen LogP contribution in [0.5, 0.6) is 0 Å². The van der Waals surface area contributed by atoms with Gasteiger partial charge in [-0.05, 0) is 27.7 Å². The number of hydrogen-bond donors (Lipinski definition) is 1. The summed E-state index contributed by atoms with van der Waals surface area (Å²) in [7, 11) is -3.64. The molecule has 16 heavy (non-hydrogen) atoms. The van der Waals surface area contributed by atoms with Crippen LogP contribution in [0, 0.1) is 13.8 Å². The Bertz CT molecular complexity index is 522. The van der Waals surface area contributed by atoms with Crippen LogP contribution in [-0.4, -0.2) is 24.7 Å². The molecule has 0 aliphatic carbocycles. The minimum absolute atomic E-state index is 0.115. The molecule has 1 N–H and O–H groups in total. The molecule has 0 fully saturated rings. The summed E-state index contributed by atoms with van der Waals surface area (Å²) in [5, 5.41) is 8.30. The molecule has 1 heterocycles. The lowest BCUT2D eigenvalue weighted by Gasteiger charge is -2.07. The maximum Gasteiger partial charge on any atom is 0.340 e. The molecule has 0 bridgehead atoms. The first-order chi connectivity index (χ1) is 7.19. The fourth-order valence-corrected chi connectivity index (χ4v) is 2.92. The fourth-order valence-electron chi connectivity index (χ4n) is 1.49. The van der Waals surface area contributed by atoms with Crippen LogP contribution in [0.3, 0.4) is 0 Å². The monoisotopic (exact) mass is 246 g/mol. The van der Waals surface area contributed by atoms with E-state index in [1.54, 1.807) is 0 Å². The van der Waals surface area contributed by atoms with Crippen molar-refractivity contribution in [2.75, 3.05) is 0 Å². The van der Waals surface area contributed by atoms with Crippen molar-refractivity contribution in [1.82, 2.24) is 0 Å². The zero-order valence-electron chi connectivity index (χ0n) is 9.57. The summed E-state index contributed by atoms with van der Waals surface area (Å²) in [6.45, 7) is 5.90. The summed E-state index contributed by atoms with van der Waals surface area (Å²) < 4.78 is 29.0. The van der Waals surface area contributed by atoms with Crippen molar-refractivity contribution in [1.29, 1.82) is 0 Å². The predicted molar refractivity (Wildman–Crippen MR) is 57.5 cm³/mol. The van der Waals surface area contributed by atoms with Gasteiger partial charge in [-0.15, -0.1) is 0 Å². The van der Waals surface area contributed by atoms with Gasteiger partial charge in [0.05, 0.1) is 5.25 Å². The number of sulfone groups is 1. The average Bonchev–Trinajstić information content (AvgIpc) is 2.40. The molecule has 0 saturated heterocycles. The zero-order valence-corrected chi connectivity index (χ0v) is 10.4. The molecule has 5 nitrogen and oxygen atoms in total. The van der Waals surface area contributed by atoms with E-state index in [1.165, 1.54) is 27.7 Å². The zero-order chi connectivity index (χ0) is 12.7. The Morgan fingerprint density at radius 3 is 2.12 bits per heavy atom. The van der Waals surface area contributed by atoms with Gasteiger partial charge in [0.25, 0.3) is 0 Å². The topological polar surface area (TPSA) is 84.6 Å². The van der Waals surface area contributed by atoms with Gasteiger partial charge in [0.2, 0.25) is 0 Å². The average molecular weight is 246 g/mol. The first kappa shape index (κ1) is 12.8. The lowest BCUT2D eigenvalue weighted by molar-refractivity contribution is 0.0691. The van der Waals surface area contributed by atoms with Crippen molar-refractivity contribution in [3.63, 3.8) is 0 Å². The number of carboxylic acids is 1. The number of aromatic carboxylic acids is 1. The summed E-state index contributed by atoms with van der Waals surface area (Å²) in [6.07, 6.45) is 0. The summed E-state index contributed by atoms with van der Waals surface area (Å²) >= 11 is 0. The fraction of sp³-hybridized carbons (Fsp3) is 0.500. The Kier molecular flexibility index (Phi) is 3.14. The van der Waals surface area contributed by atoms with Crippen LogP contribution in [0.2, 0.25) is 0 Å². The number of hydrogen-bond acceptors (Lipinski definition) is 4. The third-order valence-corrected chi connectivity index (χ3v) is 4.63. The second-order valence-electron chi connectivity index (χ2n) is 3.82. The molecule has 0 saturated carbocycles. The summed E-state index contributed by atoms with van der Waals surface area (Å²) in [4.78, 5) is 10.8. The highest BCUT2D eigenvalue weighted by atomic mass is 32.2. The van der Waals surface area contributed by atoms with E-state index in [-0.39, 0.29) is 22.0 Å². The van der Waals surface area contributed by atoms with E-state index in [2.05, 4.69) is 0 Å². The highest BCUT2D eigenvalue weighted by Gasteiger charge is 2.32. The van der Waals surface area contributed by atoms with E-state index in [1.807, 2.05) is 0 Å². The van der Waals surface area contributed by atoms with Crippen LogP contribution < -0.4 is 0 Å². The Morgan fingerprint density at radius 2 is 1.75 bits per heavy atom. The Balaban J connectivity index is 3.63. The van der Waals surface area contributed by atoms with Gasteiger partial charge in [0.15, 0.2) is 9.84 Å². The number of furan rings is 1. The van der Waals surface area contributed by atoms with Gasteiger partial charge in [0, 0.05) is 0 Å². The smallest absolute Gasteiger partial charge is 0.340 e. The van der Waals surface area contributed by atoms with Crippen LogP contribution in [-0.2, 0) is 9.84 Å². The number of rotatable bonds is 3. The Morgan fingerprint density at radius 1 is 1.25 bits per heavy atom. The molecule has 0 aliphatic rings. The molecular weight excluding hydrogens is 232 g/mol. The second kappa shape index (κ2) is 3.93. The van der Waals surface area contributed by atoms with E-state index in [9.17, 15) is 13.2 Å². The standard InChI is InChI=1S/C10H14O5S/c1-5(2)16(13,14)9-7(4)15-6(3)8(9)10(11)12/h5H,1-4H3,(H,11,12). The van der Waals surface area contributed by atoms with Gasteiger partial charge in [-0.2, -0.15) is 0 Å². The van der Waals surface area contributed by atoms with E-state index < -0.39 is 21.1 Å². The highest BCUT2D eigenvalue weighted by Crippen LogP contribution is 2.29. The maximum absolute atomic E-state index is 12.0. The number of carboxylic acid groups (broad SMARTS) is 1. The Hall–Kier alpha value is -1.30. The quantitative estimate of drug-likeness (QED) is 0.878. The van der Waals surface area contributed by atoms with Crippen LogP contribution in [0.4, 0.5) is 0 Å². The first-order valence-corrected chi connectivity index (χ1v) is 6.31. The van der Waals surface area contributed by atoms with Gasteiger partial charge in [-0.25, -0.2) is 13.2 Å². The van der Waals surface area contributed by atoms with E-state index >= 15 is 0 Å². The van der Waals surface area contributed by atoms with Crippen molar-refractivity contribution in [2.45, 2.75) is 37.8 Å². The van der Waals surface area contributed by atoms with Crippen molar-refractivity contribution >= 4 is 15.8 Å². The largest absolute Gasteiger partial charge is 0.478 e. The van der Waals surface area contributed by atoms with Gasteiger partial charge in [0.1, 0.15) is 22.0 Å². The summed E-state index contributed by atoms with van der Waals surface area (Å²) in [5.74, 6) is -1.04. The molecule has 1 aromatic rings. The third-order valence-electron chi connectivity index (χ3n) is 2.32. The maximum atomic E-state index is 12.0. The Labute approximate surface area is 94.0 Å². The molecule has 0 radical (unpaired) electrons. The predicted octanol–water partition coefficient (Wildman–Crippen LogP) is 1.78. The van der Waals surface area contributed by atoms with Gasteiger partial charge in [-0.3, -0.25) is 0 Å². The van der Waals surface area contributed by atoms with Gasteiger partial charge < -0.3 is 9.52 Å². The SMILES string of the molecule is Cc1oc(C)c(S(=O)(=O)C(C)C)c1C(=O)O. The lowest BCUT2D eigenvalue weighted by Crippen LogP contribution is -2.17. The number of carbonyl (C=O) groups is 1. The van der Waals surface area contributed by atoms with Crippen molar-refractivity contribution in [3.8, 4) is 0 Å². The molecule has 1 aromatic heterocycles. The molecular formula is C10H14O5S. The third kappa shape index (κ3) is 1.84. The molecule has 6 heteroatoms. The number of aryl methyl sites for hydroxylation is 2. The van der Waals surface area contributed by atoms with Gasteiger partial charge >= 0.3 is 5.97 Å². The molecule has 0 aliphatic heterocycles. The molecule has 0 amide bonds. The lowest BCUT2D eigenvalue weighted by atomic mass is 10.2.